The van der Waals surface area contributed by atoms with Crippen molar-refractivity contribution in [1.82, 2.24) is 5.32 Å². The topological polar surface area (TPSA) is 30.5 Å². The van der Waals surface area contributed by atoms with Crippen LogP contribution in [0.2, 0.25) is 0 Å². The molecule has 1 N–H and O–H groups in total. The van der Waals surface area contributed by atoms with E-state index in [0.29, 0.717) is 12.4 Å². The third-order valence-corrected chi connectivity index (χ3v) is 2.80. The summed E-state index contributed by atoms with van der Waals surface area (Å²) in [6, 6.07) is 4.51. The largest absolute Gasteiger partial charge is 0.496 e. The molecule has 0 heterocycles. The third-order valence-electron chi connectivity index (χ3n) is 2.80. The lowest BCUT2D eigenvalue weighted by Crippen LogP contribution is -2.28. The summed E-state index contributed by atoms with van der Waals surface area (Å²) in [5.41, 5.74) is 0.802. The van der Waals surface area contributed by atoms with Crippen LogP contribution in [-0.4, -0.2) is 26.4 Å². The van der Waals surface area contributed by atoms with Gasteiger partial charge in [-0.25, -0.2) is 4.39 Å². The van der Waals surface area contributed by atoms with Crippen LogP contribution < -0.4 is 10.1 Å². The van der Waals surface area contributed by atoms with E-state index in [9.17, 15) is 4.39 Å². The van der Waals surface area contributed by atoms with E-state index in [-0.39, 0.29) is 18.0 Å². The summed E-state index contributed by atoms with van der Waals surface area (Å²) in [5, 5.41) is 3.37. The van der Waals surface area contributed by atoms with Crippen LogP contribution in [0, 0.1) is 5.82 Å². The fourth-order valence-corrected chi connectivity index (χ4v) is 1.84. The van der Waals surface area contributed by atoms with Gasteiger partial charge >= 0.3 is 0 Å². The lowest BCUT2D eigenvalue weighted by atomic mass is 10.1. The molecule has 0 amide bonds. The zero-order chi connectivity index (χ0) is 14.3. The molecule has 0 fully saturated rings. The molecule has 108 valence electrons. The normalized spacial score (nSPS) is 12.7. The second-order valence-corrected chi connectivity index (χ2v) is 4.78. The highest BCUT2D eigenvalue weighted by molar-refractivity contribution is 5.36. The van der Waals surface area contributed by atoms with Crippen molar-refractivity contribution in [3.63, 3.8) is 0 Å². The number of hydrogen-bond acceptors (Lipinski definition) is 3. The Labute approximate surface area is 115 Å². The number of rotatable bonds is 8. The summed E-state index contributed by atoms with van der Waals surface area (Å²) in [6.07, 6.45) is 1.15. The maximum atomic E-state index is 13.4. The van der Waals surface area contributed by atoms with E-state index >= 15 is 0 Å². The fourth-order valence-electron chi connectivity index (χ4n) is 1.84. The van der Waals surface area contributed by atoms with Crippen molar-refractivity contribution < 1.29 is 13.9 Å². The molecular formula is C15H24FNO2. The van der Waals surface area contributed by atoms with Crippen LogP contribution in [-0.2, 0) is 4.74 Å². The molecule has 3 nitrogen and oxygen atoms in total. The second-order valence-electron chi connectivity index (χ2n) is 4.78. The van der Waals surface area contributed by atoms with Gasteiger partial charge in [0.1, 0.15) is 11.6 Å². The number of hydrogen-bond donors (Lipinski definition) is 1. The first-order valence-corrected chi connectivity index (χ1v) is 6.76. The molecule has 1 rings (SSSR count). The monoisotopic (exact) mass is 269 g/mol. The lowest BCUT2D eigenvalue weighted by Gasteiger charge is -2.22. The highest BCUT2D eigenvalue weighted by Gasteiger charge is 2.17. The van der Waals surface area contributed by atoms with Crippen LogP contribution >= 0.6 is 0 Å². The Morgan fingerprint density at radius 3 is 2.63 bits per heavy atom. The summed E-state index contributed by atoms with van der Waals surface area (Å²) >= 11 is 0. The highest BCUT2D eigenvalue weighted by atomic mass is 19.1. The molecule has 0 spiro atoms. The number of halogens is 1. The third kappa shape index (κ3) is 5.17. The Morgan fingerprint density at radius 2 is 2.05 bits per heavy atom. The Hall–Kier alpha value is -1.13. The minimum atomic E-state index is -0.261. The van der Waals surface area contributed by atoms with Crippen LogP contribution in [0.25, 0.3) is 0 Å². The van der Waals surface area contributed by atoms with E-state index in [0.717, 1.165) is 18.5 Å². The van der Waals surface area contributed by atoms with Crippen molar-refractivity contribution in [2.24, 2.45) is 0 Å². The Balaban J connectivity index is 2.90. The molecule has 0 aliphatic rings. The molecule has 19 heavy (non-hydrogen) atoms. The van der Waals surface area contributed by atoms with Gasteiger partial charge in [0.05, 0.1) is 25.9 Å². The van der Waals surface area contributed by atoms with Crippen LogP contribution in [0.15, 0.2) is 18.2 Å². The van der Waals surface area contributed by atoms with E-state index in [1.165, 1.54) is 12.1 Å². The van der Waals surface area contributed by atoms with E-state index < -0.39 is 0 Å². The zero-order valence-corrected chi connectivity index (χ0v) is 12.2. The van der Waals surface area contributed by atoms with Crippen LogP contribution in [0.4, 0.5) is 4.39 Å². The molecule has 1 atom stereocenters. The molecule has 0 aliphatic heterocycles. The van der Waals surface area contributed by atoms with Gasteiger partial charge < -0.3 is 14.8 Å². The minimum absolute atomic E-state index is 0.0620. The molecule has 0 radical (unpaired) electrons. The zero-order valence-electron chi connectivity index (χ0n) is 12.2. The average Bonchev–Trinajstić information content (AvgIpc) is 2.38. The van der Waals surface area contributed by atoms with Crippen molar-refractivity contribution in [2.75, 3.05) is 20.3 Å². The summed E-state index contributed by atoms with van der Waals surface area (Å²) in [4.78, 5) is 0. The minimum Gasteiger partial charge on any atom is -0.496 e. The highest BCUT2D eigenvalue weighted by Crippen LogP contribution is 2.26. The van der Waals surface area contributed by atoms with Crippen LogP contribution in [0.3, 0.4) is 0 Å². The van der Waals surface area contributed by atoms with Gasteiger partial charge in [-0.15, -0.1) is 0 Å². The van der Waals surface area contributed by atoms with Gasteiger partial charge in [-0.3, -0.25) is 0 Å². The van der Waals surface area contributed by atoms with Crippen molar-refractivity contribution in [3.05, 3.63) is 29.6 Å². The quantitative estimate of drug-likeness (QED) is 0.785. The number of nitrogens with one attached hydrogen (secondary N) is 1. The van der Waals surface area contributed by atoms with Gasteiger partial charge in [0.15, 0.2) is 0 Å². The molecule has 1 aromatic rings. The molecule has 4 heteroatoms. The summed E-state index contributed by atoms with van der Waals surface area (Å²) < 4.78 is 24.4. The second kappa shape index (κ2) is 8.12. The van der Waals surface area contributed by atoms with E-state index in [4.69, 9.17) is 9.47 Å². The van der Waals surface area contributed by atoms with Gasteiger partial charge in [0, 0.05) is 5.56 Å². The first kappa shape index (κ1) is 15.9. The van der Waals surface area contributed by atoms with Crippen molar-refractivity contribution in [3.8, 4) is 5.75 Å². The summed E-state index contributed by atoms with van der Waals surface area (Å²) in [5.74, 6) is 0.422. The van der Waals surface area contributed by atoms with E-state index in [2.05, 4.69) is 12.2 Å². The lowest BCUT2D eigenvalue weighted by molar-refractivity contribution is 0.0606. The van der Waals surface area contributed by atoms with Gasteiger partial charge in [0.2, 0.25) is 0 Å². The van der Waals surface area contributed by atoms with E-state index in [1.54, 1.807) is 13.2 Å². The smallest absolute Gasteiger partial charge is 0.123 e. The first-order valence-electron chi connectivity index (χ1n) is 6.76. The Morgan fingerprint density at radius 1 is 1.32 bits per heavy atom. The molecule has 0 saturated heterocycles. The Kier molecular flexibility index (Phi) is 6.81. The van der Waals surface area contributed by atoms with E-state index in [1.807, 2.05) is 13.8 Å². The Bertz CT molecular complexity index is 382. The van der Waals surface area contributed by atoms with Gasteiger partial charge in [-0.1, -0.05) is 6.92 Å². The summed E-state index contributed by atoms with van der Waals surface area (Å²) in [7, 11) is 1.59. The van der Waals surface area contributed by atoms with Crippen molar-refractivity contribution in [2.45, 2.75) is 39.3 Å². The molecule has 0 bridgehead atoms. The SMILES string of the molecule is CCCNC(COC(C)C)c1cc(F)ccc1OC. The molecule has 0 aliphatic carbocycles. The molecule has 1 unspecified atom stereocenters. The predicted molar refractivity (Wildman–Crippen MR) is 75.1 cm³/mol. The van der Waals surface area contributed by atoms with Gasteiger partial charge in [0.25, 0.3) is 0 Å². The van der Waals surface area contributed by atoms with Crippen molar-refractivity contribution in [1.29, 1.82) is 0 Å². The van der Waals surface area contributed by atoms with Gasteiger partial charge in [-0.05, 0) is 45.0 Å². The molecule has 0 saturated carbocycles. The van der Waals surface area contributed by atoms with Crippen LogP contribution in [0.5, 0.6) is 5.75 Å². The number of ether oxygens (including phenoxy) is 2. The molecular weight excluding hydrogens is 245 g/mol. The fraction of sp³-hybridized carbons (Fsp3) is 0.600. The van der Waals surface area contributed by atoms with Crippen molar-refractivity contribution >= 4 is 0 Å². The number of methoxy groups -OCH3 is 1. The summed E-state index contributed by atoms with van der Waals surface area (Å²) in [6.45, 7) is 7.42. The standard InChI is InChI=1S/C15H24FNO2/c1-5-8-17-14(10-19-11(2)3)13-9-12(16)6-7-15(13)18-4/h6-7,9,11,14,17H,5,8,10H2,1-4H3. The molecule has 1 aromatic carbocycles. The average molecular weight is 269 g/mol. The number of benzene rings is 1. The van der Waals surface area contributed by atoms with Gasteiger partial charge in [-0.2, -0.15) is 0 Å². The van der Waals surface area contributed by atoms with Crippen LogP contribution in [0.1, 0.15) is 38.8 Å². The maximum absolute atomic E-state index is 13.4. The predicted octanol–water partition coefficient (Wildman–Crippen LogP) is 3.30. The maximum Gasteiger partial charge on any atom is 0.123 e. The molecule has 0 aromatic heterocycles. The first-order chi connectivity index (χ1) is 9.08.